The smallest absolute Gasteiger partial charge is 0.341 e. The van der Waals surface area contributed by atoms with Crippen molar-refractivity contribution >= 4 is 28.2 Å². The number of esters is 1. The standard InChI is InChI=1S/C25H25NO4S/c1-3-29-25(28)22-20-13-12-16(2)14-21(20)31-24(22)26-23(27)17-8-7-11-19(15-17)30-18-9-5-4-6-10-18/h4-11,15-16H,3,12-14H2,1-2H3,(H,26,27). The number of amides is 1. The van der Waals surface area contributed by atoms with E-state index >= 15 is 0 Å². The minimum atomic E-state index is -0.369. The zero-order valence-corrected chi connectivity index (χ0v) is 18.5. The second-order valence-corrected chi connectivity index (χ2v) is 8.78. The molecule has 0 aliphatic heterocycles. The van der Waals surface area contributed by atoms with Gasteiger partial charge in [0.15, 0.2) is 0 Å². The van der Waals surface area contributed by atoms with Gasteiger partial charge in [0.1, 0.15) is 16.5 Å². The number of fused-ring (bicyclic) bond motifs is 1. The van der Waals surface area contributed by atoms with E-state index in [0.29, 0.717) is 40.2 Å². The normalized spacial score (nSPS) is 15.1. The number of para-hydroxylation sites is 1. The molecule has 0 bridgehead atoms. The van der Waals surface area contributed by atoms with Crippen LogP contribution in [0.1, 0.15) is 51.4 Å². The Kier molecular flexibility index (Phi) is 6.37. The summed E-state index contributed by atoms with van der Waals surface area (Å²) in [4.78, 5) is 26.9. The molecule has 6 heteroatoms. The van der Waals surface area contributed by atoms with Crippen LogP contribution in [0.5, 0.6) is 11.5 Å². The van der Waals surface area contributed by atoms with Crippen LogP contribution in [0.4, 0.5) is 5.00 Å². The highest BCUT2D eigenvalue weighted by atomic mass is 32.1. The Morgan fingerprint density at radius 3 is 2.65 bits per heavy atom. The summed E-state index contributed by atoms with van der Waals surface area (Å²) >= 11 is 1.49. The van der Waals surface area contributed by atoms with Gasteiger partial charge < -0.3 is 14.8 Å². The number of carbonyl (C=O) groups excluding carboxylic acids is 2. The van der Waals surface area contributed by atoms with Crippen molar-refractivity contribution in [2.24, 2.45) is 5.92 Å². The summed E-state index contributed by atoms with van der Waals surface area (Å²) in [6, 6.07) is 16.4. The molecule has 0 saturated heterocycles. The van der Waals surface area contributed by atoms with Crippen LogP contribution in [0, 0.1) is 5.92 Å². The van der Waals surface area contributed by atoms with Gasteiger partial charge in [-0.05, 0) is 68.0 Å². The van der Waals surface area contributed by atoms with E-state index in [9.17, 15) is 9.59 Å². The molecular formula is C25H25NO4S. The van der Waals surface area contributed by atoms with Crippen LogP contribution in [0.15, 0.2) is 54.6 Å². The van der Waals surface area contributed by atoms with Gasteiger partial charge in [-0.15, -0.1) is 11.3 Å². The number of nitrogens with one attached hydrogen (secondary N) is 1. The summed E-state index contributed by atoms with van der Waals surface area (Å²) in [5.74, 6) is 1.19. The first-order chi connectivity index (χ1) is 15.0. The van der Waals surface area contributed by atoms with Crippen LogP contribution < -0.4 is 10.1 Å². The first-order valence-electron chi connectivity index (χ1n) is 10.5. The number of rotatable bonds is 6. The van der Waals surface area contributed by atoms with E-state index in [1.165, 1.54) is 16.2 Å². The molecule has 0 saturated carbocycles. The van der Waals surface area contributed by atoms with E-state index in [2.05, 4.69) is 12.2 Å². The summed E-state index contributed by atoms with van der Waals surface area (Å²) in [5, 5.41) is 3.52. The van der Waals surface area contributed by atoms with Gasteiger partial charge in [0.05, 0.1) is 12.2 Å². The lowest BCUT2D eigenvalue weighted by Gasteiger charge is -2.18. The Morgan fingerprint density at radius 2 is 1.87 bits per heavy atom. The maximum Gasteiger partial charge on any atom is 0.341 e. The molecule has 0 spiro atoms. The molecular weight excluding hydrogens is 410 g/mol. The molecule has 1 aromatic heterocycles. The highest BCUT2D eigenvalue weighted by Gasteiger charge is 2.29. The maximum absolute atomic E-state index is 13.0. The monoisotopic (exact) mass is 435 g/mol. The summed E-state index contributed by atoms with van der Waals surface area (Å²) in [7, 11) is 0. The molecule has 0 fully saturated rings. The van der Waals surface area contributed by atoms with E-state index in [4.69, 9.17) is 9.47 Å². The van der Waals surface area contributed by atoms with E-state index < -0.39 is 0 Å². The molecule has 1 amide bonds. The molecule has 2 aromatic carbocycles. The Labute approximate surface area is 186 Å². The fourth-order valence-electron chi connectivity index (χ4n) is 3.76. The van der Waals surface area contributed by atoms with Crippen molar-refractivity contribution in [3.63, 3.8) is 0 Å². The van der Waals surface area contributed by atoms with Crippen molar-refractivity contribution in [3.05, 3.63) is 76.2 Å². The summed E-state index contributed by atoms with van der Waals surface area (Å²) in [6.07, 6.45) is 2.78. The fourth-order valence-corrected chi connectivity index (χ4v) is 5.15. The lowest BCUT2D eigenvalue weighted by molar-refractivity contribution is 0.0526. The van der Waals surface area contributed by atoms with Crippen LogP contribution in [-0.2, 0) is 17.6 Å². The van der Waals surface area contributed by atoms with Crippen molar-refractivity contribution in [3.8, 4) is 11.5 Å². The lowest BCUT2D eigenvalue weighted by Crippen LogP contribution is -2.16. The molecule has 1 heterocycles. The quantitative estimate of drug-likeness (QED) is 0.476. The number of ether oxygens (including phenoxy) is 2. The number of anilines is 1. The number of thiophene rings is 1. The molecule has 5 nitrogen and oxygen atoms in total. The van der Waals surface area contributed by atoms with Gasteiger partial charge in [-0.1, -0.05) is 31.2 Å². The van der Waals surface area contributed by atoms with Crippen molar-refractivity contribution in [1.82, 2.24) is 0 Å². The first kappa shape index (κ1) is 21.1. The molecule has 31 heavy (non-hydrogen) atoms. The highest BCUT2D eigenvalue weighted by molar-refractivity contribution is 7.17. The number of benzene rings is 2. The van der Waals surface area contributed by atoms with Crippen molar-refractivity contribution in [2.45, 2.75) is 33.1 Å². The van der Waals surface area contributed by atoms with Crippen LogP contribution >= 0.6 is 11.3 Å². The maximum atomic E-state index is 13.0. The van der Waals surface area contributed by atoms with Gasteiger partial charge in [-0.3, -0.25) is 4.79 Å². The molecule has 3 aromatic rings. The molecule has 1 aliphatic carbocycles. The number of hydrogen-bond acceptors (Lipinski definition) is 5. The Bertz CT molecular complexity index is 1090. The van der Waals surface area contributed by atoms with Gasteiger partial charge in [0.25, 0.3) is 5.91 Å². The zero-order valence-electron chi connectivity index (χ0n) is 17.6. The van der Waals surface area contributed by atoms with Gasteiger partial charge >= 0.3 is 5.97 Å². The molecule has 4 rings (SSSR count). The third-order valence-corrected chi connectivity index (χ3v) is 6.46. The fraction of sp³-hybridized carbons (Fsp3) is 0.280. The van der Waals surface area contributed by atoms with Crippen LogP contribution in [0.2, 0.25) is 0 Å². The summed E-state index contributed by atoms with van der Waals surface area (Å²) in [6.45, 7) is 4.30. The number of hydrogen-bond donors (Lipinski definition) is 1. The van der Waals surface area contributed by atoms with Gasteiger partial charge in [0.2, 0.25) is 0 Å². The van der Waals surface area contributed by atoms with Crippen molar-refractivity contribution in [1.29, 1.82) is 0 Å². The molecule has 0 radical (unpaired) electrons. The van der Waals surface area contributed by atoms with E-state index in [1.54, 1.807) is 31.2 Å². The summed E-state index contributed by atoms with van der Waals surface area (Å²) < 4.78 is 11.1. The van der Waals surface area contributed by atoms with E-state index in [-0.39, 0.29) is 11.9 Å². The molecule has 160 valence electrons. The second-order valence-electron chi connectivity index (χ2n) is 7.67. The predicted molar refractivity (Wildman–Crippen MR) is 122 cm³/mol. The highest BCUT2D eigenvalue weighted by Crippen LogP contribution is 2.40. The minimum absolute atomic E-state index is 0.282. The minimum Gasteiger partial charge on any atom is -0.462 e. The van der Waals surface area contributed by atoms with Gasteiger partial charge in [-0.25, -0.2) is 4.79 Å². The Hall–Kier alpha value is -3.12. The van der Waals surface area contributed by atoms with E-state index in [0.717, 1.165) is 24.8 Å². The van der Waals surface area contributed by atoms with Crippen LogP contribution in [0.25, 0.3) is 0 Å². The van der Waals surface area contributed by atoms with Crippen molar-refractivity contribution < 1.29 is 19.1 Å². The topological polar surface area (TPSA) is 64.6 Å². The number of carbonyl (C=O) groups is 2. The first-order valence-corrected chi connectivity index (χ1v) is 11.3. The second kappa shape index (κ2) is 9.35. The lowest BCUT2D eigenvalue weighted by atomic mass is 9.88. The third kappa shape index (κ3) is 4.80. The average molecular weight is 436 g/mol. The Morgan fingerprint density at radius 1 is 1.10 bits per heavy atom. The molecule has 1 unspecified atom stereocenters. The SMILES string of the molecule is CCOC(=O)c1c(NC(=O)c2cccc(Oc3ccccc3)c2)sc2c1CCC(C)C2. The zero-order chi connectivity index (χ0) is 21.8. The third-order valence-electron chi connectivity index (χ3n) is 5.29. The largest absolute Gasteiger partial charge is 0.462 e. The summed E-state index contributed by atoms with van der Waals surface area (Å²) in [5.41, 5.74) is 2.00. The molecule has 1 aliphatic rings. The van der Waals surface area contributed by atoms with Crippen LogP contribution in [0.3, 0.4) is 0 Å². The Balaban J connectivity index is 1.58. The molecule has 1 N–H and O–H groups in total. The van der Waals surface area contributed by atoms with Gasteiger partial charge in [0, 0.05) is 10.4 Å². The van der Waals surface area contributed by atoms with E-state index in [1.807, 2.05) is 30.3 Å². The van der Waals surface area contributed by atoms with Gasteiger partial charge in [-0.2, -0.15) is 0 Å². The average Bonchev–Trinajstić information content (AvgIpc) is 3.11. The van der Waals surface area contributed by atoms with Crippen LogP contribution in [-0.4, -0.2) is 18.5 Å². The van der Waals surface area contributed by atoms with Crippen molar-refractivity contribution in [2.75, 3.05) is 11.9 Å². The predicted octanol–water partition coefficient (Wildman–Crippen LogP) is 6.09. The molecule has 1 atom stereocenters.